The Balaban J connectivity index is 0. The Morgan fingerprint density at radius 2 is 1.84 bits per heavy atom. The Hall–Kier alpha value is -1.14. The zero-order valence-electron chi connectivity index (χ0n) is 17.2. The van der Waals surface area contributed by atoms with Crippen molar-refractivity contribution >= 4 is 11.9 Å². The topological polar surface area (TPSA) is 67.9 Å². The number of nitrogens with zero attached hydrogens (tertiary/aromatic N) is 1. The minimum atomic E-state index is -0.209. The van der Waals surface area contributed by atoms with Crippen LogP contribution in [0.3, 0.4) is 0 Å². The van der Waals surface area contributed by atoms with Crippen molar-refractivity contribution in [3.63, 3.8) is 0 Å². The van der Waals surface area contributed by atoms with Crippen LogP contribution in [0, 0.1) is 5.92 Å². The first-order valence-electron chi connectivity index (χ1n) is 9.60. The molecule has 1 rings (SSSR count). The number of amides is 1. The number of esters is 1. The van der Waals surface area contributed by atoms with Gasteiger partial charge in [-0.3, -0.25) is 9.59 Å². The van der Waals surface area contributed by atoms with Crippen LogP contribution in [0.4, 0.5) is 0 Å². The van der Waals surface area contributed by atoms with E-state index in [2.05, 4.69) is 26.1 Å². The quantitative estimate of drug-likeness (QED) is 0.479. The van der Waals surface area contributed by atoms with E-state index in [0.717, 1.165) is 38.4 Å². The van der Waals surface area contributed by atoms with E-state index in [1.54, 1.807) is 7.11 Å². The predicted octanol–water partition coefficient (Wildman–Crippen LogP) is 2.86. The predicted molar refractivity (Wildman–Crippen MR) is 103 cm³/mol. The molecule has 25 heavy (non-hydrogen) atoms. The number of ether oxygens (including phenoxy) is 2. The molecule has 6 nitrogen and oxygen atoms in total. The van der Waals surface area contributed by atoms with Crippen molar-refractivity contribution < 1.29 is 19.1 Å². The molecule has 1 N–H and O–H groups in total. The molecule has 1 aliphatic heterocycles. The van der Waals surface area contributed by atoms with Gasteiger partial charge >= 0.3 is 5.97 Å². The average molecular weight is 361 g/mol. The molecule has 0 aromatic heterocycles. The number of hydrogen-bond acceptors (Lipinski definition) is 5. The van der Waals surface area contributed by atoms with Crippen LogP contribution in [-0.4, -0.2) is 63.3 Å². The van der Waals surface area contributed by atoms with E-state index in [1.165, 1.54) is 0 Å². The van der Waals surface area contributed by atoms with Crippen molar-refractivity contribution in [2.45, 2.75) is 60.3 Å². The molecule has 1 aliphatic rings. The maximum absolute atomic E-state index is 11.3. The van der Waals surface area contributed by atoms with E-state index in [9.17, 15) is 9.59 Å². The van der Waals surface area contributed by atoms with Crippen molar-refractivity contribution in [2.75, 3.05) is 46.5 Å². The van der Waals surface area contributed by atoms with Gasteiger partial charge in [-0.05, 0) is 25.3 Å². The molecule has 0 aliphatic carbocycles. The van der Waals surface area contributed by atoms with Crippen LogP contribution in [0.5, 0.6) is 0 Å². The summed E-state index contributed by atoms with van der Waals surface area (Å²) in [6, 6.07) is 0. The summed E-state index contributed by atoms with van der Waals surface area (Å²) in [6.07, 6.45) is 2.97. The van der Waals surface area contributed by atoms with Gasteiger partial charge in [0.1, 0.15) is 6.61 Å². The van der Waals surface area contributed by atoms with E-state index in [0.29, 0.717) is 32.6 Å². The smallest absolute Gasteiger partial charge is 0.307 e. The summed E-state index contributed by atoms with van der Waals surface area (Å²) >= 11 is 0. The molecule has 0 bridgehead atoms. The highest BCUT2D eigenvalue weighted by atomic mass is 16.6. The van der Waals surface area contributed by atoms with Gasteiger partial charge in [-0.2, -0.15) is 0 Å². The Morgan fingerprint density at radius 3 is 2.36 bits per heavy atom. The molecule has 1 heterocycles. The van der Waals surface area contributed by atoms with E-state index < -0.39 is 0 Å². The third-order valence-electron chi connectivity index (χ3n) is 3.01. The van der Waals surface area contributed by atoms with Gasteiger partial charge in [-0.1, -0.05) is 34.6 Å². The van der Waals surface area contributed by atoms with Gasteiger partial charge in [0.15, 0.2) is 0 Å². The first-order chi connectivity index (χ1) is 12.0. The summed E-state index contributed by atoms with van der Waals surface area (Å²) in [6.45, 7) is 14.4. The van der Waals surface area contributed by atoms with Gasteiger partial charge in [0, 0.05) is 33.2 Å². The lowest BCUT2D eigenvalue weighted by Gasteiger charge is -2.15. The number of carbonyl (C=O) groups excluding carboxylic acids is 2. The van der Waals surface area contributed by atoms with Gasteiger partial charge in [-0.25, -0.2) is 0 Å². The summed E-state index contributed by atoms with van der Waals surface area (Å²) in [4.78, 5) is 24.5. The molecular formula is C19H40N2O4. The lowest BCUT2D eigenvalue weighted by Crippen LogP contribution is -2.29. The van der Waals surface area contributed by atoms with Crippen molar-refractivity contribution in [2.24, 2.45) is 5.92 Å². The maximum Gasteiger partial charge on any atom is 0.307 e. The second-order valence-electron chi connectivity index (χ2n) is 6.28. The van der Waals surface area contributed by atoms with Crippen molar-refractivity contribution in [1.82, 2.24) is 10.2 Å². The molecule has 0 unspecified atom stereocenters. The number of nitrogens with one attached hydrogen (secondary N) is 1. The summed E-state index contributed by atoms with van der Waals surface area (Å²) in [5.74, 6) is 0.890. The van der Waals surface area contributed by atoms with Crippen LogP contribution in [0.25, 0.3) is 0 Å². The SMILES string of the molecule is CC.CC(C)C.COCCOC(=O)CCNCCCN1CCCC1=O. The molecular weight excluding hydrogens is 320 g/mol. The first kappa shape index (κ1) is 26.1. The summed E-state index contributed by atoms with van der Waals surface area (Å²) in [5.41, 5.74) is 0. The highest BCUT2D eigenvalue weighted by molar-refractivity contribution is 5.77. The summed E-state index contributed by atoms with van der Waals surface area (Å²) < 4.78 is 9.71. The van der Waals surface area contributed by atoms with Crippen LogP contribution in [0.2, 0.25) is 0 Å². The molecule has 0 radical (unpaired) electrons. The fourth-order valence-electron chi connectivity index (χ4n) is 1.96. The highest BCUT2D eigenvalue weighted by Crippen LogP contribution is 2.09. The largest absolute Gasteiger partial charge is 0.463 e. The standard InChI is InChI=1S/C13H24N2O4.C4H10.C2H6/c1-18-10-11-19-13(17)5-7-14-6-3-9-15-8-2-4-12(15)16;1-4(2)3;1-2/h14H,2-11H2,1H3;4H,1-3H3;1-2H3. The maximum atomic E-state index is 11.3. The third kappa shape index (κ3) is 19.0. The van der Waals surface area contributed by atoms with E-state index in [4.69, 9.17) is 9.47 Å². The molecule has 0 saturated carbocycles. The van der Waals surface area contributed by atoms with Gasteiger partial charge in [0.05, 0.1) is 13.0 Å². The summed E-state index contributed by atoms with van der Waals surface area (Å²) in [7, 11) is 1.57. The van der Waals surface area contributed by atoms with E-state index in [-0.39, 0.29) is 11.9 Å². The monoisotopic (exact) mass is 360 g/mol. The Morgan fingerprint density at radius 1 is 1.20 bits per heavy atom. The number of methoxy groups -OCH3 is 1. The Kier molecular flexibility index (Phi) is 20.0. The van der Waals surface area contributed by atoms with Crippen molar-refractivity contribution in [1.29, 1.82) is 0 Å². The first-order valence-corrected chi connectivity index (χ1v) is 9.60. The normalized spacial score (nSPS) is 13.1. The molecule has 0 spiro atoms. The van der Waals surface area contributed by atoms with Crippen LogP contribution in [0.15, 0.2) is 0 Å². The third-order valence-corrected chi connectivity index (χ3v) is 3.01. The lowest BCUT2D eigenvalue weighted by atomic mass is 10.3. The Bertz CT molecular complexity index is 320. The van der Waals surface area contributed by atoms with E-state index in [1.807, 2.05) is 18.7 Å². The van der Waals surface area contributed by atoms with Gasteiger partial charge in [0.25, 0.3) is 0 Å². The molecule has 6 heteroatoms. The number of rotatable bonds is 10. The molecule has 1 saturated heterocycles. The van der Waals surface area contributed by atoms with Crippen LogP contribution >= 0.6 is 0 Å². The van der Waals surface area contributed by atoms with Gasteiger partial charge in [-0.15, -0.1) is 0 Å². The highest BCUT2D eigenvalue weighted by Gasteiger charge is 2.18. The average Bonchev–Trinajstić information content (AvgIpc) is 2.97. The van der Waals surface area contributed by atoms with Crippen molar-refractivity contribution in [3.05, 3.63) is 0 Å². The molecule has 0 aromatic rings. The van der Waals surface area contributed by atoms with Crippen LogP contribution in [-0.2, 0) is 19.1 Å². The van der Waals surface area contributed by atoms with Gasteiger partial charge < -0.3 is 19.7 Å². The van der Waals surface area contributed by atoms with Crippen LogP contribution < -0.4 is 5.32 Å². The fourth-order valence-corrected chi connectivity index (χ4v) is 1.96. The fraction of sp³-hybridized carbons (Fsp3) is 0.895. The summed E-state index contributed by atoms with van der Waals surface area (Å²) in [5, 5.41) is 3.18. The van der Waals surface area contributed by atoms with Gasteiger partial charge in [0.2, 0.25) is 5.91 Å². The minimum Gasteiger partial charge on any atom is -0.463 e. The molecule has 0 aromatic carbocycles. The second-order valence-corrected chi connectivity index (χ2v) is 6.28. The number of hydrogen-bond donors (Lipinski definition) is 1. The minimum absolute atomic E-state index is 0.209. The zero-order valence-corrected chi connectivity index (χ0v) is 17.2. The molecule has 150 valence electrons. The molecule has 1 fully saturated rings. The van der Waals surface area contributed by atoms with Crippen molar-refractivity contribution in [3.8, 4) is 0 Å². The second kappa shape index (κ2) is 19.2. The number of likely N-dealkylation sites (tertiary alicyclic amines) is 1. The number of carbonyl (C=O) groups is 2. The Labute approximate surface area is 154 Å². The molecule has 1 amide bonds. The van der Waals surface area contributed by atoms with Crippen LogP contribution in [0.1, 0.15) is 60.3 Å². The molecule has 0 atom stereocenters. The van der Waals surface area contributed by atoms with E-state index >= 15 is 0 Å². The lowest BCUT2D eigenvalue weighted by molar-refractivity contribution is -0.144. The zero-order chi connectivity index (χ0) is 19.5.